The van der Waals surface area contributed by atoms with E-state index < -0.39 is 0 Å². The number of nitrogens with one attached hydrogen (secondary N) is 3. The van der Waals surface area contributed by atoms with Crippen LogP contribution >= 0.6 is 23.1 Å². The topological polar surface area (TPSA) is 104 Å². The normalized spacial score (nSPS) is 12.0. The Kier molecular flexibility index (Phi) is 8.09. The Morgan fingerprint density at radius 3 is 2.78 bits per heavy atom. The van der Waals surface area contributed by atoms with Crippen LogP contribution in [0, 0.1) is 12.8 Å². The number of H-pyrrole nitrogens is 1. The van der Waals surface area contributed by atoms with Crippen molar-refractivity contribution in [3.05, 3.63) is 50.6 Å². The highest BCUT2D eigenvalue weighted by atomic mass is 32.2. The van der Waals surface area contributed by atoms with Crippen molar-refractivity contribution < 1.29 is 9.59 Å². The van der Waals surface area contributed by atoms with Gasteiger partial charge in [0, 0.05) is 22.7 Å². The van der Waals surface area contributed by atoms with E-state index in [9.17, 15) is 14.4 Å². The van der Waals surface area contributed by atoms with Gasteiger partial charge >= 0.3 is 0 Å². The summed E-state index contributed by atoms with van der Waals surface area (Å²) in [4.78, 5) is 46.4. The summed E-state index contributed by atoms with van der Waals surface area (Å²) in [6.07, 6.45) is 1.91. The highest BCUT2D eigenvalue weighted by Crippen LogP contribution is 2.30. The lowest BCUT2D eigenvalue weighted by Gasteiger charge is -2.08. The summed E-state index contributed by atoms with van der Waals surface area (Å²) in [5.74, 6) is 0.150. The lowest BCUT2D eigenvalue weighted by atomic mass is 9.98. The van der Waals surface area contributed by atoms with Crippen LogP contribution in [0.3, 0.4) is 0 Å². The highest BCUT2D eigenvalue weighted by Gasteiger charge is 2.17. The molecule has 9 heteroatoms. The first kappa shape index (κ1) is 24.0. The van der Waals surface area contributed by atoms with Crippen LogP contribution in [0.2, 0.25) is 0 Å². The zero-order valence-corrected chi connectivity index (χ0v) is 20.3. The number of amides is 2. The lowest BCUT2D eigenvalue weighted by molar-refractivity contribution is -0.113. The van der Waals surface area contributed by atoms with Gasteiger partial charge in [-0.3, -0.25) is 14.4 Å². The summed E-state index contributed by atoms with van der Waals surface area (Å²) in [5.41, 5.74) is 1.94. The van der Waals surface area contributed by atoms with Gasteiger partial charge in [0.2, 0.25) is 5.91 Å². The van der Waals surface area contributed by atoms with Gasteiger partial charge in [0.15, 0.2) is 5.16 Å². The predicted octanol–water partition coefficient (Wildman–Crippen LogP) is 4.36. The standard InChI is InChI=1S/C23H28N4O3S2/c1-5-13(3)10-17-14(4)32-22-19(17)21(30)26-23(27-22)31-12-18(28)25-16-9-7-8-15(11-16)20(29)24-6-2/h7-9,11,13H,5-6,10,12H2,1-4H3,(H,24,29)(H,25,28)(H,26,27,30). The minimum Gasteiger partial charge on any atom is -0.352 e. The lowest BCUT2D eigenvalue weighted by Crippen LogP contribution is -2.23. The Hall–Kier alpha value is -2.65. The van der Waals surface area contributed by atoms with Crippen LogP contribution in [0.25, 0.3) is 10.2 Å². The summed E-state index contributed by atoms with van der Waals surface area (Å²) in [5, 5.41) is 6.61. The molecule has 0 spiro atoms. The average Bonchev–Trinajstić information content (AvgIpc) is 3.07. The molecule has 2 aromatic heterocycles. The van der Waals surface area contributed by atoms with E-state index in [0.29, 0.717) is 39.1 Å². The first-order chi connectivity index (χ1) is 15.3. The number of hydrogen-bond donors (Lipinski definition) is 3. The van der Waals surface area contributed by atoms with E-state index in [1.807, 2.05) is 13.8 Å². The van der Waals surface area contributed by atoms with Crippen LogP contribution in [-0.2, 0) is 11.2 Å². The molecule has 0 fully saturated rings. The van der Waals surface area contributed by atoms with Crippen molar-refractivity contribution >= 4 is 50.8 Å². The van der Waals surface area contributed by atoms with Gasteiger partial charge < -0.3 is 15.6 Å². The van der Waals surface area contributed by atoms with Gasteiger partial charge in [0.05, 0.1) is 11.1 Å². The second kappa shape index (κ2) is 10.8. The molecule has 0 radical (unpaired) electrons. The second-order valence-electron chi connectivity index (χ2n) is 7.68. The largest absolute Gasteiger partial charge is 0.352 e. The van der Waals surface area contributed by atoms with Gasteiger partial charge in [0.1, 0.15) is 4.83 Å². The summed E-state index contributed by atoms with van der Waals surface area (Å²) in [7, 11) is 0. The number of aromatic amines is 1. The molecule has 1 aromatic carbocycles. The SMILES string of the molecule is CCNC(=O)c1cccc(NC(=O)CSc2nc3sc(C)c(CC(C)CC)c3c(=O)[nH]2)c1. The zero-order valence-electron chi connectivity index (χ0n) is 18.7. The molecule has 0 aliphatic carbocycles. The number of thioether (sulfide) groups is 1. The Labute approximate surface area is 195 Å². The molecule has 32 heavy (non-hydrogen) atoms. The molecule has 170 valence electrons. The van der Waals surface area contributed by atoms with E-state index in [2.05, 4.69) is 34.4 Å². The number of nitrogens with zero attached hydrogens (tertiary/aromatic N) is 1. The highest BCUT2D eigenvalue weighted by molar-refractivity contribution is 7.99. The molecule has 3 N–H and O–H groups in total. The van der Waals surface area contributed by atoms with E-state index in [1.165, 1.54) is 23.1 Å². The van der Waals surface area contributed by atoms with Crippen molar-refractivity contribution in [1.29, 1.82) is 0 Å². The molecule has 1 unspecified atom stereocenters. The third-order valence-corrected chi connectivity index (χ3v) is 7.09. The number of aromatic nitrogens is 2. The molecule has 7 nitrogen and oxygen atoms in total. The predicted molar refractivity (Wildman–Crippen MR) is 132 cm³/mol. The van der Waals surface area contributed by atoms with Crippen molar-refractivity contribution in [2.75, 3.05) is 17.6 Å². The third-order valence-electron chi connectivity index (χ3n) is 5.18. The van der Waals surface area contributed by atoms with Crippen molar-refractivity contribution in [3.8, 4) is 0 Å². The maximum atomic E-state index is 12.8. The quantitative estimate of drug-likeness (QED) is 0.317. The Bertz CT molecular complexity index is 1190. The van der Waals surface area contributed by atoms with Gasteiger partial charge in [-0.05, 0) is 49.9 Å². The molecule has 3 rings (SSSR count). The number of aryl methyl sites for hydroxylation is 1. The first-order valence-electron chi connectivity index (χ1n) is 10.7. The molecule has 0 aliphatic heterocycles. The Balaban J connectivity index is 1.69. The number of thiophene rings is 1. The molecule has 2 amide bonds. The van der Waals surface area contributed by atoms with E-state index >= 15 is 0 Å². The molecule has 0 aliphatic rings. The van der Waals surface area contributed by atoms with Gasteiger partial charge in [-0.2, -0.15) is 0 Å². The third kappa shape index (κ3) is 5.77. The molecule has 1 atom stereocenters. The summed E-state index contributed by atoms with van der Waals surface area (Å²) in [6, 6.07) is 6.77. The average molecular weight is 473 g/mol. The van der Waals surface area contributed by atoms with Gasteiger partial charge in [0.25, 0.3) is 11.5 Å². The molecular formula is C23H28N4O3S2. The molecular weight excluding hydrogens is 444 g/mol. The zero-order chi connectivity index (χ0) is 23.3. The molecule has 0 saturated heterocycles. The van der Waals surface area contributed by atoms with Crippen LogP contribution in [0.5, 0.6) is 0 Å². The number of carbonyl (C=O) groups excluding carboxylic acids is 2. The minimum atomic E-state index is -0.245. The number of anilines is 1. The molecule has 2 heterocycles. The van der Waals surface area contributed by atoms with Crippen LogP contribution in [0.4, 0.5) is 5.69 Å². The fraction of sp³-hybridized carbons (Fsp3) is 0.391. The second-order valence-corrected chi connectivity index (χ2v) is 9.85. The van der Waals surface area contributed by atoms with E-state index in [-0.39, 0.29) is 23.1 Å². The fourth-order valence-corrected chi connectivity index (χ4v) is 5.07. The summed E-state index contributed by atoms with van der Waals surface area (Å²) in [6.45, 7) is 8.73. The minimum absolute atomic E-state index is 0.0872. The van der Waals surface area contributed by atoms with E-state index in [1.54, 1.807) is 24.3 Å². The van der Waals surface area contributed by atoms with Crippen molar-refractivity contribution in [2.45, 2.75) is 45.7 Å². The number of rotatable bonds is 9. The number of hydrogen-bond acceptors (Lipinski definition) is 6. The van der Waals surface area contributed by atoms with Crippen LogP contribution in [0.15, 0.2) is 34.2 Å². The Morgan fingerprint density at radius 1 is 1.28 bits per heavy atom. The fourth-order valence-electron chi connectivity index (χ4n) is 3.29. The first-order valence-corrected chi connectivity index (χ1v) is 12.5. The van der Waals surface area contributed by atoms with Crippen molar-refractivity contribution in [3.63, 3.8) is 0 Å². The smallest absolute Gasteiger partial charge is 0.260 e. The van der Waals surface area contributed by atoms with Crippen LogP contribution < -0.4 is 16.2 Å². The molecule has 0 bridgehead atoms. The van der Waals surface area contributed by atoms with E-state index in [0.717, 1.165) is 23.3 Å². The monoisotopic (exact) mass is 472 g/mol. The van der Waals surface area contributed by atoms with Crippen LogP contribution in [0.1, 0.15) is 48.0 Å². The van der Waals surface area contributed by atoms with E-state index in [4.69, 9.17) is 0 Å². The number of carbonyl (C=O) groups is 2. The van der Waals surface area contributed by atoms with Crippen molar-refractivity contribution in [2.24, 2.45) is 5.92 Å². The van der Waals surface area contributed by atoms with Gasteiger partial charge in [-0.25, -0.2) is 4.98 Å². The van der Waals surface area contributed by atoms with Gasteiger partial charge in [-0.1, -0.05) is 38.1 Å². The van der Waals surface area contributed by atoms with Gasteiger partial charge in [-0.15, -0.1) is 11.3 Å². The van der Waals surface area contributed by atoms with Crippen molar-refractivity contribution in [1.82, 2.24) is 15.3 Å². The molecule has 3 aromatic rings. The number of benzene rings is 1. The molecule has 0 saturated carbocycles. The summed E-state index contributed by atoms with van der Waals surface area (Å²) < 4.78 is 0. The Morgan fingerprint density at radius 2 is 2.06 bits per heavy atom. The number of fused-ring (bicyclic) bond motifs is 1. The maximum absolute atomic E-state index is 12.8. The summed E-state index contributed by atoms with van der Waals surface area (Å²) >= 11 is 2.70. The maximum Gasteiger partial charge on any atom is 0.260 e. The van der Waals surface area contributed by atoms with Crippen LogP contribution in [-0.4, -0.2) is 34.1 Å².